The van der Waals surface area contributed by atoms with Crippen molar-refractivity contribution in [3.05, 3.63) is 35.5 Å². The second kappa shape index (κ2) is 7.25. The van der Waals surface area contributed by atoms with Crippen LogP contribution in [-0.2, 0) is 24.9 Å². The van der Waals surface area contributed by atoms with E-state index in [1.54, 1.807) is 6.26 Å². The molecule has 3 heterocycles. The molecule has 7 heteroatoms. The summed E-state index contributed by atoms with van der Waals surface area (Å²) < 4.78 is 13.2. The summed E-state index contributed by atoms with van der Waals surface area (Å²) in [5.74, 6) is 1.26. The van der Waals surface area contributed by atoms with Gasteiger partial charge in [0.1, 0.15) is 11.5 Å². The van der Waals surface area contributed by atoms with Gasteiger partial charge in [0, 0.05) is 32.6 Å². The van der Waals surface area contributed by atoms with Crippen LogP contribution in [0.15, 0.2) is 22.8 Å². The SMILES string of the molecule is CN(C)CCOC[C@@H]1CN(Cc2ccco2)Cc2nnn(C)c21. The Hall–Kier alpha value is -1.70. The summed E-state index contributed by atoms with van der Waals surface area (Å²) in [6.45, 7) is 4.88. The Kier molecular flexibility index (Phi) is 5.09. The van der Waals surface area contributed by atoms with Gasteiger partial charge in [-0.1, -0.05) is 5.21 Å². The molecule has 0 bridgehead atoms. The first-order chi connectivity index (χ1) is 11.1. The average Bonchev–Trinajstić information content (AvgIpc) is 3.14. The van der Waals surface area contributed by atoms with Gasteiger partial charge in [0.25, 0.3) is 0 Å². The Balaban J connectivity index is 1.65. The number of fused-ring (bicyclic) bond motifs is 1. The highest BCUT2D eigenvalue weighted by atomic mass is 16.5. The van der Waals surface area contributed by atoms with E-state index in [2.05, 4.69) is 34.2 Å². The highest BCUT2D eigenvalue weighted by molar-refractivity contribution is 5.20. The fourth-order valence-electron chi connectivity index (χ4n) is 3.04. The molecule has 1 aliphatic rings. The molecule has 2 aromatic heterocycles. The Morgan fingerprint density at radius 3 is 3.04 bits per heavy atom. The molecule has 0 fully saturated rings. The van der Waals surface area contributed by atoms with Crippen molar-refractivity contribution < 1.29 is 9.15 Å². The number of hydrogen-bond donors (Lipinski definition) is 0. The minimum Gasteiger partial charge on any atom is -0.468 e. The monoisotopic (exact) mass is 319 g/mol. The smallest absolute Gasteiger partial charge is 0.117 e. The largest absolute Gasteiger partial charge is 0.468 e. The molecular weight excluding hydrogens is 294 g/mol. The van der Waals surface area contributed by atoms with E-state index < -0.39 is 0 Å². The van der Waals surface area contributed by atoms with Crippen LogP contribution in [0.3, 0.4) is 0 Å². The van der Waals surface area contributed by atoms with Gasteiger partial charge in [0.05, 0.1) is 31.7 Å². The molecule has 2 aromatic rings. The van der Waals surface area contributed by atoms with Crippen LogP contribution in [0.25, 0.3) is 0 Å². The minimum atomic E-state index is 0.288. The third-order valence-corrected chi connectivity index (χ3v) is 4.14. The average molecular weight is 319 g/mol. The Bertz CT molecular complexity index is 608. The summed E-state index contributed by atoms with van der Waals surface area (Å²) in [6.07, 6.45) is 1.72. The van der Waals surface area contributed by atoms with Gasteiger partial charge >= 0.3 is 0 Å². The van der Waals surface area contributed by atoms with E-state index in [1.807, 2.05) is 23.9 Å². The molecule has 23 heavy (non-hydrogen) atoms. The van der Waals surface area contributed by atoms with Gasteiger partial charge in [-0.3, -0.25) is 9.58 Å². The van der Waals surface area contributed by atoms with Crippen LogP contribution in [0, 0.1) is 0 Å². The van der Waals surface area contributed by atoms with E-state index in [0.717, 1.165) is 44.2 Å². The maximum Gasteiger partial charge on any atom is 0.117 e. The first kappa shape index (κ1) is 16.2. The molecule has 1 aliphatic heterocycles. The van der Waals surface area contributed by atoms with Crippen LogP contribution >= 0.6 is 0 Å². The van der Waals surface area contributed by atoms with Crippen molar-refractivity contribution in [2.24, 2.45) is 7.05 Å². The van der Waals surface area contributed by atoms with E-state index in [9.17, 15) is 0 Å². The number of likely N-dealkylation sites (N-methyl/N-ethyl adjacent to an activating group) is 1. The van der Waals surface area contributed by atoms with Gasteiger partial charge in [0.15, 0.2) is 0 Å². The highest BCUT2D eigenvalue weighted by Gasteiger charge is 2.30. The van der Waals surface area contributed by atoms with E-state index >= 15 is 0 Å². The maximum atomic E-state index is 5.89. The fourth-order valence-corrected chi connectivity index (χ4v) is 3.04. The molecule has 0 spiro atoms. The number of hydrogen-bond acceptors (Lipinski definition) is 6. The third-order valence-electron chi connectivity index (χ3n) is 4.14. The molecule has 126 valence electrons. The predicted octanol–water partition coefficient (Wildman–Crippen LogP) is 1.09. The molecule has 0 saturated heterocycles. The number of aromatic nitrogens is 3. The lowest BCUT2D eigenvalue weighted by molar-refractivity contribution is 0.0819. The van der Waals surface area contributed by atoms with Crippen molar-refractivity contribution in [1.29, 1.82) is 0 Å². The summed E-state index contributed by atoms with van der Waals surface area (Å²) in [5, 5.41) is 8.51. The maximum absolute atomic E-state index is 5.89. The molecule has 0 aromatic carbocycles. The summed E-state index contributed by atoms with van der Waals surface area (Å²) in [7, 11) is 6.07. The molecule has 0 amide bonds. The van der Waals surface area contributed by atoms with Crippen LogP contribution in [-0.4, -0.2) is 65.2 Å². The van der Waals surface area contributed by atoms with Crippen molar-refractivity contribution in [3.8, 4) is 0 Å². The topological polar surface area (TPSA) is 59.6 Å². The second-order valence-electron chi connectivity index (χ2n) is 6.37. The molecule has 0 radical (unpaired) electrons. The molecular formula is C16H25N5O2. The number of furan rings is 1. The zero-order valence-electron chi connectivity index (χ0n) is 14.1. The van der Waals surface area contributed by atoms with Gasteiger partial charge in [0.2, 0.25) is 0 Å². The quantitative estimate of drug-likeness (QED) is 0.712. The van der Waals surface area contributed by atoms with Crippen LogP contribution in [0.4, 0.5) is 0 Å². The van der Waals surface area contributed by atoms with Gasteiger partial charge < -0.3 is 14.1 Å². The van der Waals surface area contributed by atoms with Crippen LogP contribution in [0.1, 0.15) is 23.1 Å². The fraction of sp³-hybridized carbons (Fsp3) is 0.625. The number of rotatable bonds is 7. The highest BCUT2D eigenvalue weighted by Crippen LogP contribution is 2.27. The summed E-state index contributed by atoms with van der Waals surface area (Å²) in [4.78, 5) is 4.47. The van der Waals surface area contributed by atoms with E-state index in [-0.39, 0.29) is 5.92 Å². The van der Waals surface area contributed by atoms with Crippen molar-refractivity contribution in [1.82, 2.24) is 24.8 Å². The zero-order valence-corrected chi connectivity index (χ0v) is 14.1. The molecule has 0 saturated carbocycles. The third kappa shape index (κ3) is 3.99. The molecule has 0 N–H and O–H groups in total. The molecule has 3 rings (SSSR count). The van der Waals surface area contributed by atoms with Crippen molar-refractivity contribution in [3.63, 3.8) is 0 Å². The predicted molar refractivity (Wildman–Crippen MR) is 85.9 cm³/mol. The summed E-state index contributed by atoms with van der Waals surface area (Å²) >= 11 is 0. The van der Waals surface area contributed by atoms with Gasteiger partial charge in [-0.25, -0.2) is 0 Å². The lowest BCUT2D eigenvalue weighted by Gasteiger charge is -2.31. The van der Waals surface area contributed by atoms with Gasteiger partial charge in [-0.05, 0) is 26.2 Å². The van der Waals surface area contributed by atoms with E-state index in [1.165, 1.54) is 5.69 Å². The van der Waals surface area contributed by atoms with E-state index in [4.69, 9.17) is 9.15 Å². The Labute approximate surface area is 136 Å². The lowest BCUT2D eigenvalue weighted by Crippen LogP contribution is -2.36. The first-order valence-corrected chi connectivity index (χ1v) is 7.99. The first-order valence-electron chi connectivity index (χ1n) is 7.99. The van der Waals surface area contributed by atoms with Crippen LogP contribution in [0.5, 0.6) is 0 Å². The molecule has 1 atom stereocenters. The Morgan fingerprint density at radius 1 is 1.43 bits per heavy atom. The lowest BCUT2D eigenvalue weighted by atomic mass is 9.99. The van der Waals surface area contributed by atoms with Gasteiger partial charge in [-0.2, -0.15) is 0 Å². The molecule has 0 unspecified atom stereocenters. The van der Waals surface area contributed by atoms with E-state index in [0.29, 0.717) is 6.61 Å². The molecule has 0 aliphatic carbocycles. The molecule has 7 nitrogen and oxygen atoms in total. The minimum absolute atomic E-state index is 0.288. The second-order valence-corrected chi connectivity index (χ2v) is 6.37. The number of aryl methyl sites for hydroxylation is 1. The van der Waals surface area contributed by atoms with Crippen LogP contribution in [0.2, 0.25) is 0 Å². The van der Waals surface area contributed by atoms with Crippen LogP contribution < -0.4 is 0 Å². The Morgan fingerprint density at radius 2 is 2.30 bits per heavy atom. The number of ether oxygens (including phenoxy) is 1. The van der Waals surface area contributed by atoms with Crippen molar-refractivity contribution >= 4 is 0 Å². The zero-order chi connectivity index (χ0) is 16.2. The summed E-state index contributed by atoms with van der Waals surface area (Å²) in [6, 6.07) is 3.93. The number of nitrogens with zero attached hydrogens (tertiary/aromatic N) is 5. The van der Waals surface area contributed by atoms with Crippen molar-refractivity contribution in [2.75, 3.05) is 40.4 Å². The standard InChI is InChI=1S/C16H25N5O2/c1-19(2)6-8-22-12-13-9-21(10-14-5-4-7-23-14)11-15-16(13)20(3)18-17-15/h4-5,7,13H,6,8-12H2,1-3H3/t13-/m0/s1. The van der Waals surface area contributed by atoms with Crippen molar-refractivity contribution in [2.45, 2.75) is 19.0 Å². The summed E-state index contributed by atoms with van der Waals surface area (Å²) in [5.41, 5.74) is 2.25. The normalized spacial score (nSPS) is 18.5. The van der Waals surface area contributed by atoms with Gasteiger partial charge in [-0.15, -0.1) is 5.10 Å².